The molecule has 1 aromatic rings. The van der Waals surface area contributed by atoms with Crippen LogP contribution < -0.4 is 21.7 Å². The second-order valence-corrected chi connectivity index (χ2v) is 3.29. The second-order valence-electron chi connectivity index (χ2n) is 3.29. The van der Waals surface area contributed by atoms with E-state index in [9.17, 15) is 4.79 Å². The maximum absolute atomic E-state index is 11.1. The SMILES string of the molecule is NC1(Nc2ccccc2)C=CNC(=O)N1. The van der Waals surface area contributed by atoms with Crippen molar-refractivity contribution in [2.24, 2.45) is 5.73 Å². The monoisotopic (exact) mass is 204 g/mol. The molecule has 1 unspecified atom stereocenters. The summed E-state index contributed by atoms with van der Waals surface area (Å²) in [5, 5.41) is 8.05. The fraction of sp³-hybridized carbons (Fsp3) is 0.100. The van der Waals surface area contributed by atoms with Gasteiger partial charge in [-0.3, -0.25) is 11.1 Å². The topological polar surface area (TPSA) is 79.2 Å². The Kier molecular flexibility index (Phi) is 2.31. The molecule has 1 heterocycles. The van der Waals surface area contributed by atoms with Gasteiger partial charge in [-0.25, -0.2) is 4.79 Å². The van der Waals surface area contributed by atoms with Gasteiger partial charge in [-0.1, -0.05) is 18.2 Å². The normalized spacial score (nSPS) is 24.2. The van der Waals surface area contributed by atoms with Crippen LogP contribution in [0, 0.1) is 0 Å². The number of urea groups is 1. The predicted octanol–water partition coefficient (Wildman–Crippen LogP) is 0.537. The number of hydrogen-bond acceptors (Lipinski definition) is 3. The highest BCUT2D eigenvalue weighted by atomic mass is 16.2. The zero-order valence-corrected chi connectivity index (χ0v) is 8.03. The Labute approximate surface area is 87.3 Å². The van der Waals surface area contributed by atoms with E-state index in [1.54, 1.807) is 6.08 Å². The number of benzene rings is 1. The lowest BCUT2D eigenvalue weighted by Crippen LogP contribution is -2.64. The molecule has 78 valence electrons. The van der Waals surface area contributed by atoms with Crippen LogP contribution in [-0.4, -0.2) is 11.8 Å². The molecule has 5 heteroatoms. The van der Waals surface area contributed by atoms with Crippen molar-refractivity contribution in [2.45, 2.75) is 5.79 Å². The van der Waals surface area contributed by atoms with E-state index in [4.69, 9.17) is 5.73 Å². The van der Waals surface area contributed by atoms with Gasteiger partial charge in [-0.15, -0.1) is 0 Å². The number of para-hydroxylation sites is 1. The van der Waals surface area contributed by atoms with E-state index in [1.807, 2.05) is 30.3 Å². The summed E-state index contributed by atoms with van der Waals surface area (Å²) in [6, 6.07) is 9.10. The van der Waals surface area contributed by atoms with Crippen molar-refractivity contribution in [2.75, 3.05) is 5.32 Å². The third-order valence-corrected chi connectivity index (χ3v) is 2.01. The smallest absolute Gasteiger partial charge is 0.321 e. The van der Waals surface area contributed by atoms with Crippen LogP contribution >= 0.6 is 0 Å². The number of hydrogen-bond donors (Lipinski definition) is 4. The third kappa shape index (κ3) is 2.26. The van der Waals surface area contributed by atoms with E-state index in [0.717, 1.165) is 5.69 Å². The molecular weight excluding hydrogens is 192 g/mol. The maximum Gasteiger partial charge on any atom is 0.321 e. The van der Waals surface area contributed by atoms with Gasteiger partial charge in [-0.2, -0.15) is 0 Å². The van der Waals surface area contributed by atoms with Crippen LogP contribution in [0.5, 0.6) is 0 Å². The molecule has 0 saturated heterocycles. The lowest BCUT2D eigenvalue weighted by Gasteiger charge is -2.31. The zero-order chi connectivity index (χ0) is 10.7. The first-order valence-electron chi connectivity index (χ1n) is 4.56. The predicted molar refractivity (Wildman–Crippen MR) is 57.8 cm³/mol. The first kappa shape index (κ1) is 9.54. The van der Waals surface area contributed by atoms with Crippen molar-refractivity contribution < 1.29 is 4.79 Å². The molecule has 15 heavy (non-hydrogen) atoms. The van der Waals surface area contributed by atoms with Crippen LogP contribution in [0.1, 0.15) is 0 Å². The highest BCUT2D eigenvalue weighted by Gasteiger charge is 2.26. The van der Waals surface area contributed by atoms with E-state index in [2.05, 4.69) is 16.0 Å². The molecule has 0 aromatic heterocycles. The van der Waals surface area contributed by atoms with Gasteiger partial charge in [0.2, 0.25) is 0 Å². The number of rotatable bonds is 2. The Bertz CT molecular complexity index is 390. The van der Waals surface area contributed by atoms with Crippen molar-refractivity contribution in [3.05, 3.63) is 42.6 Å². The molecule has 2 amide bonds. The van der Waals surface area contributed by atoms with E-state index in [1.165, 1.54) is 6.20 Å². The van der Waals surface area contributed by atoms with Crippen LogP contribution in [0.25, 0.3) is 0 Å². The van der Waals surface area contributed by atoms with Crippen LogP contribution in [0.4, 0.5) is 10.5 Å². The summed E-state index contributed by atoms with van der Waals surface area (Å²) in [5.74, 6) is -1.04. The second kappa shape index (κ2) is 3.62. The number of nitrogens with one attached hydrogen (secondary N) is 3. The van der Waals surface area contributed by atoms with E-state index in [0.29, 0.717) is 0 Å². The summed E-state index contributed by atoms with van der Waals surface area (Å²) in [4.78, 5) is 11.1. The largest absolute Gasteiger partial charge is 0.347 e. The summed E-state index contributed by atoms with van der Waals surface area (Å²) >= 11 is 0. The Balaban J connectivity index is 2.14. The first-order chi connectivity index (χ1) is 7.18. The number of amides is 2. The minimum Gasteiger partial charge on any atom is -0.347 e. The molecule has 0 saturated carbocycles. The zero-order valence-electron chi connectivity index (χ0n) is 8.03. The number of nitrogens with two attached hydrogens (primary N) is 1. The lowest BCUT2D eigenvalue weighted by molar-refractivity contribution is 0.235. The molecule has 0 spiro atoms. The van der Waals surface area contributed by atoms with Gasteiger partial charge in [0, 0.05) is 11.9 Å². The molecule has 1 atom stereocenters. The van der Waals surface area contributed by atoms with Crippen molar-refractivity contribution in [1.82, 2.24) is 10.6 Å². The van der Waals surface area contributed by atoms with Crippen LogP contribution in [0.3, 0.4) is 0 Å². The molecule has 1 aromatic carbocycles. The fourth-order valence-corrected chi connectivity index (χ4v) is 1.35. The van der Waals surface area contributed by atoms with Crippen LogP contribution in [-0.2, 0) is 0 Å². The molecule has 0 bridgehead atoms. The Hall–Kier alpha value is -2.01. The number of anilines is 1. The molecule has 0 radical (unpaired) electrons. The molecule has 5 nitrogen and oxygen atoms in total. The molecular formula is C10H12N4O. The van der Waals surface area contributed by atoms with E-state index < -0.39 is 5.79 Å². The van der Waals surface area contributed by atoms with Crippen molar-refractivity contribution in [3.8, 4) is 0 Å². The minimum atomic E-state index is -1.04. The number of carbonyl (C=O) groups is 1. The van der Waals surface area contributed by atoms with Gasteiger partial charge < -0.3 is 10.6 Å². The summed E-state index contributed by atoms with van der Waals surface area (Å²) < 4.78 is 0. The van der Waals surface area contributed by atoms with Gasteiger partial charge in [0.1, 0.15) is 0 Å². The van der Waals surface area contributed by atoms with Crippen molar-refractivity contribution in [3.63, 3.8) is 0 Å². The van der Waals surface area contributed by atoms with Crippen molar-refractivity contribution in [1.29, 1.82) is 0 Å². The third-order valence-electron chi connectivity index (χ3n) is 2.01. The standard InChI is InChI=1S/C10H12N4O/c11-10(6-7-12-9(15)14-10)13-8-4-2-1-3-5-8/h1-7,13H,11H2,(H2,12,14,15). The maximum atomic E-state index is 11.1. The fourth-order valence-electron chi connectivity index (χ4n) is 1.35. The van der Waals surface area contributed by atoms with Crippen LogP contribution in [0.2, 0.25) is 0 Å². The highest BCUT2D eigenvalue weighted by Crippen LogP contribution is 2.11. The van der Waals surface area contributed by atoms with Gasteiger partial charge in [0.25, 0.3) is 0 Å². The Morgan fingerprint density at radius 1 is 1.27 bits per heavy atom. The number of carbonyl (C=O) groups excluding carboxylic acids is 1. The molecule has 0 fully saturated rings. The summed E-state index contributed by atoms with van der Waals surface area (Å²) in [6.45, 7) is 0. The van der Waals surface area contributed by atoms with Crippen molar-refractivity contribution >= 4 is 11.7 Å². The minimum absolute atomic E-state index is 0.330. The van der Waals surface area contributed by atoms with Crippen LogP contribution in [0.15, 0.2) is 42.6 Å². The summed E-state index contributed by atoms with van der Waals surface area (Å²) in [7, 11) is 0. The Morgan fingerprint density at radius 2 is 2.00 bits per heavy atom. The molecule has 1 aliphatic heterocycles. The lowest BCUT2D eigenvalue weighted by atomic mass is 10.2. The van der Waals surface area contributed by atoms with Gasteiger partial charge in [-0.05, 0) is 18.2 Å². The summed E-state index contributed by atoms with van der Waals surface area (Å²) in [5.41, 5.74) is 6.75. The molecule has 1 aliphatic rings. The first-order valence-corrected chi connectivity index (χ1v) is 4.56. The van der Waals surface area contributed by atoms with Gasteiger partial charge in [0.15, 0.2) is 5.79 Å². The quantitative estimate of drug-likeness (QED) is 0.531. The summed E-state index contributed by atoms with van der Waals surface area (Å²) in [6.07, 6.45) is 3.15. The Morgan fingerprint density at radius 3 is 2.67 bits per heavy atom. The van der Waals surface area contributed by atoms with E-state index >= 15 is 0 Å². The molecule has 2 rings (SSSR count). The van der Waals surface area contributed by atoms with Gasteiger partial charge >= 0.3 is 6.03 Å². The average Bonchev–Trinajstić information content (AvgIpc) is 2.18. The molecule has 0 aliphatic carbocycles. The van der Waals surface area contributed by atoms with E-state index in [-0.39, 0.29) is 6.03 Å². The molecule has 5 N–H and O–H groups in total. The highest BCUT2D eigenvalue weighted by molar-refractivity contribution is 5.78. The average molecular weight is 204 g/mol. The van der Waals surface area contributed by atoms with Gasteiger partial charge in [0.05, 0.1) is 0 Å².